The van der Waals surface area contributed by atoms with E-state index >= 15 is 0 Å². The molecular weight excluding hydrogens is 884 g/mol. The molecule has 0 aliphatic carbocycles. The Morgan fingerprint density at radius 3 is 1.35 bits per heavy atom. The molecule has 9 aromatic carbocycles. The lowest BCUT2D eigenvalue weighted by Crippen LogP contribution is -2.05. The fourth-order valence-electron chi connectivity index (χ4n) is 9.55. The van der Waals surface area contributed by atoms with Crippen LogP contribution in [-0.4, -0.2) is 21.7 Å². The van der Waals surface area contributed by atoms with Crippen LogP contribution in [0.25, 0.3) is 99.5 Å². The van der Waals surface area contributed by atoms with Gasteiger partial charge >= 0.3 is 6.18 Å². The summed E-state index contributed by atoms with van der Waals surface area (Å²) in [6.45, 7) is 0. The van der Waals surface area contributed by atoms with Crippen molar-refractivity contribution >= 4 is 83.2 Å². The molecular formula is C59H35F3N4P2. The highest BCUT2D eigenvalue weighted by Crippen LogP contribution is 2.44. The van der Waals surface area contributed by atoms with E-state index in [4.69, 9.17) is 0 Å². The Bertz CT molecular complexity index is 3800. The summed E-state index contributed by atoms with van der Waals surface area (Å²) in [5.74, 6) is 0. The SMILES string of the molecule is C=Pc1ccc2c(c1)c1cc(P=C)ccc1n2-c1cc(C#N)ccc1-c1ccc(-c2ccc(C(F)(F)F)cc2C#N)cc1-n1c2ccc(-c3ccccc3)cc2c2cc(-c3ccccc3)ccc21. The molecule has 11 aromatic rings. The van der Waals surface area contributed by atoms with E-state index < -0.39 is 11.7 Å². The zero-order valence-electron chi connectivity index (χ0n) is 36.1. The van der Waals surface area contributed by atoms with Gasteiger partial charge in [-0.15, -0.1) is 0 Å². The van der Waals surface area contributed by atoms with Crippen LogP contribution in [0, 0.1) is 22.7 Å². The molecule has 0 saturated carbocycles. The lowest BCUT2D eigenvalue weighted by atomic mass is 9.93. The predicted molar refractivity (Wildman–Crippen MR) is 279 cm³/mol. The van der Waals surface area contributed by atoms with Crippen LogP contribution < -0.4 is 10.6 Å². The molecule has 68 heavy (non-hydrogen) atoms. The van der Waals surface area contributed by atoms with Crippen LogP contribution in [0.1, 0.15) is 16.7 Å². The van der Waals surface area contributed by atoms with E-state index in [1.807, 2.05) is 72.8 Å². The second-order valence-electron chi connectivity index (χ2n) is 16.5. The number of alkyl halides is 3. The molecule has 0 saturated heterocycles. The summed E-state index contributed by atoms with van der Waals surface area (Å²) < 4.78 is 46.5. The quantitative estimate of drug-likeness (QED) is 0.143. The van der Waals surface area contributed by atoms with Gasteiger partial charge in [0.15, 0.2) is 0 Å². The van der Waals surface area contributed by atoms with E-state index in [0.717, 1.165) is 128 Å². The Hall–Kier alpha value is -8.31. The van der Waals surface area contributed by atoms with Crippen molar-refractivity contribution in [1.29, 1.82) is 10.5 Å². The summed E-state index contributed by atoms with van der Waals surface area (Å²) in [7, 11) is 1.77. The van der Waals surface area contributed by atoms with Crippen molar-refractivity contribution in [3.63, 3.8) is 0 Å². The van der Waals surface area contributed by atoms with E-state index in [9.17, 15) is 23.7 Å². The largest absolute Gasteiger partial charge is 0.416 e. The van der Waals surface area contributed by atoms with Crippen LogP contribution in [0.3, 0.4) is 0 Å². The molecule has 0 N–H and O–H groups in total. The number of nitrogens with zero attached hydrogens (tertiary/aromatic N) is 4. The molecule has 9 heteroatoms. The number of fused-ring (bicyclic) bond motifs is 6. The molecule has 0 aliphatic heterocycles. The summed E-state index contributed by atoms with van der Waals surface area (Å²) in [4.78, 5) is 0. The third kappa shape index (κ3) is 7.18. The Morgan fingerprint density at radius 2 is 0.868 bits per heavy atom. The van der Waals surface area contributed by atoms with Crippen LogP contribution in [0.5, 0.6) is 0 Å². The van der Waals surface area contributed by atoms with Gasteiger partial charge in [0.2, 0.25) is 0 Å². The second kappa shape index (κ2) is 16.8. The van der Waals surface area contributed by atoms with Crippen molar-refractivity contribution in [2.75, 3.05) is 0 Å². The average Bonchev–Trinajstić information content (AvgIpc) is 3.89. The maximum atomic E-state index is 14.0. The van der Waals surface area contributed by atoms with Crippen LogP contribution >= 0.6 is 16.4 Å². The molecule has 0 unspecified atom stereocenters. The van der Waals surface area contributed by atoms with Gasteiger partial charge in [-0.05, 0) is 124 Å². The number of hydrogen-bond acceptors (Lipinski definition) is 2. The number of rotatable bonds is 8. The summed E-state index contributed by atoms with van der Waals surface area (Å²) >= 11 is 0. The van der Waals surface area contributed by atoms with Gasteiger partial charge in [0, 0.05) is 43.3 Å². The van der Waals surface area contributed by atoms with E-state index in [0.29, 0.717) is 16.7 Å². The normalized spacial score (nSPS) is 11.8. The second-order valence-corrected chi connectivity index (χ2v) is 18.2. The molecule has 0 amide bonds. The van der Waals surface area contributed by atoms with Crippen molar-refractivity contribution in [2.24, 2.45) is 0 Å². The first-order valence-electron chi connectivity index (χ1n) is 21.7. The summed E-state index contributed by atoms with van der Waals surface area (Å²) in [5, 5.41) is 27.0. The maximum absolute atomic E-state index is 14.0. The van der Waals surface area contributed by atoms with Crippen molar-refractivity contribution in [3.8, 4) is 68.0 Å². The van der Waals surface area contributed by atoms with Gasteiger partial charge in [-0.1, -0.05) is 126 Å². The number of halogens is 3. The Morgan fingerprint density at radius 1 is 0.412 bits per heavy atom. The number of benzene rings is 9. The molecule has 0 fully saturated rings. The highest BCUT2D eigenvalue weighted by molar-refractivity contribution is 7.45. The molecule has 4 nitrogen and oxygen atoms in total. The highest BCUT2D eigenvalue weighted by atomic mass is 31.1. The molecule has 0 radical (unpaired) electrons. The first kappa shape index (κ1) is 42.3. The highest BCUT2D eigenvalue weighted by Gasteiger charge is 2.31. The van der Waals surface area contributed by atoms with Gasteiger partial charge in [-0.25, -0.2) is 0 Å². The molecule has 11 rings (SSSR count). The van der Waals surface area contributed by atoms with E-state index in [1.165, 1.54) is 6.07 Å². The fraction of sp³-hybridized carbons (Fsp3) is 0.0169. The first-order valence-corrected chi connectivity index (χ1v) is 23.8. The van der Waals surface area contributed by atoms with Gasteiger partial charge < -0.3 is 9.13 Å². The van der Waals surface area contributed by atoms with Gasteiger partial charge in [-0.2, -0.15) is 23.7 Å². The first-order chi connectivity index (χ1) is 33.1. The van der Waals surface area contributed by atoms with Crippen LogP contribution in [0.4, 0.5) is 13.2 Å². The number of nitriles is 2. The Labute approximate surface area is 393 Å². The lowest BCUT2D eigenvalue weighted by Gasteiger charge is -2.20. The minimum atomic E-state index is -4.62. The van der Waals surface area contributed by atoms with Crippen LogP contribution in [0.15, 0.2) is 188 Å². The summed E-state index contributed by atoms with van der Waals surface area (Å²) in [6, 6.07) is 65.4. The van der Waals surface area contributed by atoms with Gasteiger partial charge in [-0.3, -0.25) is 0 Å². The van der Waals surface area contributed by atoms with E-state index in [2.05, 4.69) is 131 Å². The molecule has 0 aliphatic rings. The average molecular weight is 919 g/mol. The predicted octanol–water partition coefficient (Wildman–Crippen LogP) is 15.3. The standard InChI is InChI=1S/C59H35F3N4P2/c1-67-44-18-25-55-51(32-44)52-33-45(68-2)19-26-56(52)65(55)57-27-36(34-63)13-20-47(57)48-21-14-41(46-22-17-43(59(60,61)62)28-42(46)35-64)31-58(48)66-53-23-15-39(37-9-5-3-6-10-37)29-49(53)50-30-40(16-24-54(50)66)38-11-7-4-8-12-38/h3-33H,1-2H2. The van der Waals surface area contributed by atoms with Crippen LogP contribution in [-0.2, 0) is 6.18 Å². The van der Waals surface area contributed by atoms with E-state index in [1.54, 1.807) is 0 Å². The summed E-state index contributed by atoms with van der Waals surface area (Å²) in [5.41, 5.74) is 11.5. The molecule has 0 atom stereocenters. The molecule has 322 valence electrons. The zero-order chi connectivity index (χ0) is 46.7. The lowest BCUT2D eigenvalue weighted by molar-refractivity contribution is -0.137. The maximum Gasteiger partial charge on any atom is 0.416 e. The molecule has 0 bridgehead atoms. The topological polar surface area (TPSA) is 57.4 Å². The van der Waals surface area contributed by atoms with Crippen molar-refractivity contribution in [3.05, 3.63) is 205 Å². The Balaban J connectivity index is 1.25. The van der Waals surface area contributed by atoms with Crippen molar-refractivity contribution in [1.82, 2.24) is 9.13 Å². The zero-order valence-corrected chi connectivity index (χ0v) is 37.9. The number of aromatic nitrogens is 2. The summed E-state index contributed by atoms with van der Waals surface area (Å²) in [6.07, 6.45) is 3.65. The van der Waals surface area contributed by atoms with Gasteiger partial charge in [0.1, 0.15) is 0 Å². The molecule has 0 spiro atoms. The fourth-order valence-corrected chi connectivity index (χ4v) is 10.4. The monoisotopic (exact) mass is 918 g/mol. The van der Waals surface area contributed by atoms with Gasteiger partial charge in [0.25, 0.3) is 0 Å². The molecule has 2 aromatic heterocycles. The van der Waals surface area contributed by atoms with E-state index in [-0.39, 0.29) is 5.56 Å². The number of hydrogen-bond donors (Lipinski definition) is 0. The van der Waals surface area contributed by atoms with Crippen LogP contribution in [0.2, 0.25) is 0 Å². The van der Waals surface area contributed by atoms with Gasteiger partial charge in [0.05, 0.1) is 62.3 Å². The third-order valence-corrected chi connectivity index (χ3v) is 14.0. The minimum absolute atomic E-state index is 0.0906. The van der Waals surface area contributed by atoms with Crippen molar-refractivity contribution < 1.29 is 13.2 Å². The van der Waals surface area contributed by atoms with Crippen molar-refractivity contribution in [2.45, 2.75) is 6.18 Å². The smallest absolute Gasteiger partial charge is 0.309 e. The molecule has 2 heterocycles. The minimum Gasteiger partial charge on any atom is -0.309 e. The third-order valence-electron chi connectivity index (χ3n) is 12.8. The Kier molecular flexibility index (Phi) is 10.5.